The van der Waals surface area contributed by atoms with Gasteiger partial charge >= 0.3 is 5.97 Å². The van der Waals surface area contributed by atoms with E-state index in [1.165, 1.54) is 0 Å². The third kappa shape index (κ3) is 0.459. The average Bonchev–Trinajstić information content (AvgIpc) is 2.61. The zero-order chi connectivity index (χ0) is 8.34. The van der Waals surface area contributed by atoms with Crippen molar-refractivity contribution in [3.63, 3.8) is 0 Å². The second kappa shape index (κ2) is 1.64. The summed E-state index contributed by atoms with van der Waals surface area (Å²) >= 11 is 0. The number of nitrogens with zero attached hydrogens (tertiary/aromatic N) is 1. The molecule has 0 spiro atoms. The lowest BCUT2D eigenvalue weighted by Gasteiger charge is -2.15. The number of carbonyl (C=O) groups is 1. The van der Waals surface area contributed by atoms with Crippen LogP contribution in [0.5, 0.6) is 0 Å². The van der Waals surface area contributed by atoms with E-state index in [-0.39, 0.29) is 24.3 Å². The van der Waals surface area contributed by atoms with Gasteiger partial charge in [-0.15, -0.1) is 0 Å². The summed E-state index contributed by atoms with van der Waals surface area (Å²) in [5.41, 5.74) is -0.951. The summed E-state index contributed by atoms with van der Waals surface area (Å²) in [7, 11) is 0. The Labute approximate surface area is 69.1 Å². The molecular weight excluding hydrogens is 158 g/mol. The molecular formula is C8H7NO3. The topological polar surface area (TPSA) is 59.3 Å². The van der Waals surface area contributed by atoms with E-state index < -0.39 is 5.41 Å². The van der Waals surface area contributed by atoms with Gasteiger partial charge in [0.25, 0.3) is 0 Å². The van der Waals surface area contributed by atoms with Crippen LogP contribution in [0.25, 0.3) is 0 Å². The maximum atomic E-state index is 11.3. The molecule has 0 aromatic rings. The highest BCUT2D eigenvalue weighted by molar-refractivity contribution is 5.84. The molecule has 12 heavy (non-hydrogen) atoms. The molecule has 4 nitrogen and oxygen atoms in total. The van der Waals surface area contributed by atoms with Crippen molar-refractivity contribution >= 4 is 5.97 Å². The summed E-state index contributed by atoms with van der Waals surface area (Å²) in [5, 5.41) is 8.90. The summed E-state index contributed by atoms with van der Waals surface area (Å²) in [5.74, 6) is -0.375. The number of esters is 1. The first-order chi connectivity index (χ1) is 5.76. The summed E-state index contributed by atoms with van der Waals surface area (Å²) in [6.07, 6.45) is 0.963. The van der Waals surface area contributed by atoms with E-state index >= 15 is 0 Å². The van der Waals surface area contributed by atoms with Crippen LogP contribution in [-0.4, -0.2) is 24.3 Å². The van der Waals surface area contributed by atoms with E-state index in [0.29, 0.717) is 6.42 Å². The van der Waals surface area contributed by atoms with Gasteiger partial charge in [-0.25, -0.2) is 0 Å². The van der Waals surface area contributed by atoms with Crippen molar-refractivity contribution in [2.24, 2.45) is 5.41 Å². The van der Waals surface area contributed by atoms with Crippen molar-refractivity contribution in [1.82, 2.24) is 0 Å². The number of carbonyl (C=O) groups excluding carboxylic acids is 1. The molecule has 3 aliphatic heterocycles. The van der Waals surface area contributed by atoms with Gasteiger partial charge in [-0.1, -0.05) is 0 Å². The Balaban J connectivity index is 2.15. The zero-order valence-corrected chi connectivity index (χ0v) is 6.32. The highest BCUT2D eigenvalue weighted by Crippen LogP contribution is 2.53. The molecule has 4 unspecified atom stereocenters. The molecule has 3 rings (SSSR count). The van der Waals surface area contributed by atoms with Gasteiger partial charge in [0.2, 0.25) is 0 Å². The molecule has 0 aromatic heterocycles. The smallest absolute Gasteiger partial charge is 0.329 e. The largest absolute Gasteiger partial charge is 0.458 e. The second-order valence-corrected chi connectivity index (χ2v) is 3.65. The van der Waals surface area contributed by atoms with Gasteiger partial charge in [-0.05, 0) is 0 Å². The summed E-state index contributed by atoms with van der Waals surface area (Å²) < 4.78 is 10.5. The minimum Gasteiger partial charge on any atom is -0.458 e. The molecule has 0 aliphatic carbocycles. The van der Waals surface area contributed by atoms with Crippen LogP contribution >= 0.6 is 0 Å². The van der Waals surface area contributed by atoms with Crippen LogP contribution in [0.2, 0.25) is 0 Å². The minimum absolute atomic E-state index is 0.0751. The Morgan fingerprint density at radius 1 is 1.67 bits per heavy atom. The van der Waals surface area contributed by atoms with Gasteiger partial charge in [-0.3, -0.25) is 4.79 Å². The van der Waals surface area contributed by atoms with Crippen molar-refractivity contribution in [3.05, 3.63) is 0 Å². The molecule has 4 atom stereocenters. The Morgan fingerprint density at radius 2 is 2.50 bits per heavy atom. The molecule has 0 amide bonds. The van der Waals surface area contributed by atoms with Crippen LogP contribution in [0.3, 0.4) is 0 Å². The molecule has 0 N–H and O–H groups in total. The van der Waals surface area contributed by atoms with Crippen LogP contribution in [-0.2, 0) is 14.3 Å². The standard InChI is InChI=1S/C8H7NO3/c9-3-8-2-4-1-5(6(8)11-4)12-7(8)10/h4-6H,1-2H2. The van der Waals surface area contributed by atoms with E-state index in [1.54, 1.807) is 0 Å². The van der Waals surface area contributed by atoms with Gasteiger partial charge in [0.15, 0.2) is 5.41 Å². The molecule has 0 radical (unpaired) electrons. The maximum Gasteiger partial charge on any atom is 0.329 e. The zero-order valence-electron chi connectivity index (χ0n) is 6.32. The lowest BCUT2D eigenvalue weighted by Crippen LogP contribution is -2.35. The van der Waals surface area contributed by atoms with E-state index in [9.17, 15) is 4.79 Å². The summed E-state index contributed by atoms with van der Waals surface area (Å²) in [4.78, 5) is 11.3. The van der Waals surface area contributed by atoms with Crippen molar-refractivity contribution in [1.29, 1.82) is 5.26 Å². The minimum atomic E-state index is -0.951. The van der Waals surface area contributed by atoms with E-state index in [0.717, 1.165) is 6.42 Å². The van der Waals surface area contributed by atoms with Gasteiger partial charge in [0.1, 0.15) is 12.2 Å². The third-order valence-corrected chi connectivity index (χ3v) is 3.03. The number of ether oxygens (including phenoxy) is 2. The number of nitriles is 1. The molecule has 0 saturated carbocycles. The maximum absolute atomic E-state index is 11.3. The molecule has 62 valence electrons. The van der Waals surface area contributed by atoms with Gasteiger partial charge < -0.3 is 9.47 Å². The molecule has 3 heterocycles. The number of hydrogen-bond acceptors (Lipinski definition) is 4. The molecule has 3 aliphatic rings. The van der Waals surface area contributed by atoms with Crippen LogP contribution < -0.4 is 0 Å². The van der Waals surface area contributed by atoms with Gasteiger partial charge in [0.05, 0.1) is 12.2 Å². The fraction of sp³-hybridized carbons (Fsp3) is 0.750. The van der Waals surface area contributed by atoms with Crippen molar-refractivity contribution < 1.29 is 14.3 Å². The predicted molar refractivity (Wildman–Crippen MR) is 35.8 cm³/mol. The number of rotatable bonds is 0. The van der Waals surface area contributed by atoms with Gasteiger partial charge in [0, 0.05) is 12.8 Å². The molecule has 3 saturated heterocycles. The second-order valence-electron chi connectivity index (χ2n) is 3.65. The average molecular weight is 165 g/mol. The van der Waals surface area contributed by atoms with Gasteiger partial charge in [-0.2, -0.15) is 5.26 Å². The Morgan fingerprint density at radius 3 is 3.08 bits per heavy atom. The lowest BCUT2D eigenvalue weighted by molar-refractivity contribution is -0.145. The van der Waals surface area contributed by atoms with Crippen molar-refractivity contribution in [2.75, 3.05) is 0 Å². The SMILES string of the molecule is N#CC12CC3CC(OC1=O)C2O3. The van der Waals surface area contributed by atoms with Crippen LogP contribution in [0, 0.1) is 16.7 Å². The van der Waals surface area contributed by atoms with Crippen LogP contribution in [0.4, 0.5) is 0 Å². The first-order valence-corrected chi connectivity index (χ1v) is 4.04. The molecule has 3 fully saturated rings. The Hall–Kier alpha value is -1.08. The van der Waals surface area contributed by atoms with Crippen LogP contribution in [0.15, 0.2) is 0 Å². The highest BCUT2D eigenvalue weighted by Gasteiger charge is 2.69. The van der Waals surface area contributed by atoms with Crippen LogP contribution in [0.1, 0.15) is 12.8 Å². The first kappa shape index (κ1) is 6.44. The summed E-state index contributed by atoms with van der Waals surface area (Å²) in [6, 6.07) is 2.05. The molecule has 4 heteroatoms. The Bertz CT molecular complexity index is 308. The van der Waals surface area contributed by atoms with E-state index in [1.807, 2.05) is 0 Å². The van der Waals surface area contributed by atoms with E-state index in [2.05, 4.69) is 6.07 Å². The fourth-order valence-electron chi connectivity index (χ4n) is 2.48. The first-order valence-electron chi connectivity index (χ1n) is 4.04. The number of hydrogen-bond donors (Lipinski definition) is 0. The normalized spacial score (nSPS) is 53.9. The lowest BCUT2D eigenvalue weighted by atomic mass is 9.76. The monoisotopic (exact) mass is 165 g/mol. The number of fused-ring (bicyclic) bond motifs is 1. The quantitative estimate of drug-likeness (QED) is 0.473. The van der Waals surface area contributed by atoms with E-state index in [4.69, 9.17) is 14.7 Å². The Kier molecular flexibility index (Phi) is 0.881. The van der Waals surface area contributed by atoms with Crippen molar-refractivity contribution in [3.8, 4) is 6.07 Å². The molecule has 0 aromatic carbocycles. The molecule has 2 bridgehead atoms. The predicted octanol–water partition coefficient (Wildman–Crippen LogP) is -0.0170. The fourth-order valence-corrected chi connectivity index (χ4v) is 2.48. The third-order valence-electron chi connectivity index (χ3n) is 3.03. The highest BCUT2D eigenvalue weighted by atomic mass is 16.6. The summed E-state index contributed by atoms with van der Waals surface area (Å²) in [6.45, 7) is 0. The van der Waals surface area contributed by atoms with Crippen molar-refractivity contribution in [2.45, 2.75) is 31.2 Å².